The summed E-state index contributed by atoms with van der Waals surface area (Å²) in [5.74, 6) is 1.05. The lowest BCUT2D eigenvalue weighted by Crippen LogP contribution is -2.37. The first-order chi connectivity index (χ1) is 8.66. The Morgan fingerprint density at radius 2 is 1.78 bits per heavy atom. The second-order valence-electron chi connectivity index (χ2n) is 4.78. The monoisotopic (exact) mass is 240 g/mol. The summed E-state index contributed by atoms with van der Waals surface area (Å²) in [7, 11) is 1.97. The maximum absolute atomic E-state index is 4.74. The minimum Gasteiger partial charge on any atom is -0.275 e. The minimum atomic E-state index is 0.0673. The Balaban J connectivity index is 2.01. The number of hydrazone groups is 1. The van der Waals surface area contributed by atoms with Crippen LogP contribution in [0.1, 0.15) is 19.4 Å². The van der Waals surface area contributed by atoms with E-state index in [9.17, 15) is 0 Å². The molecule has 2 aliphatic heterocycles. The van der Waals surface area contributed by atoms with Crippen LogP contribution in [0.5, 0.6) is 0 Å². The normalized spacial score (nSPS) is 26.4. The zero-order valence-corrected chi connectivity index (χ0v) is 10.8. The zero-order chi connectivity index (χ0) is 12.7. The first-order valence-electron chi connectivity index (χ1n) is 6.13. The molecule has 0 spiro atoms. The molecule has 0 saturated heterocycles. The number of benzene rings is 1. The molecule has 0 fully saturated rings. The third kappa shape index (κ3) is 1.65. The van der Waals surface area contributed by atoms with Crippen molar-refractivity contribution in [3.05, 3.63) is 35.9 Å². The van der Waals surface area contributed by atoms with Gasteiger partial charge in [-0.05, 0) is 13.8 Å². The van der Waals surface area contributed by atoms with Gasteiger partial charge in [-0.2, -0.15) is 5.10 Å². The van der Waals surface area contributed by atoms with E-state index in [0.29, 0.717) is 0 Å². The van der Waals surface area contributed by atoms with Crippen molar-refractivity contribution in [2.24, 2.45) is 21.0 Å². The van der Waals surface area contributed by atoms with Crippen molar-refractivity contribution in [2.45, 2.75) is 20.0 Å². The summed E-state index contributed by atoms with van der Waals surface area (Å²) in [6.45, 7) is 4.11. The highest BCUT2D eigenvalue weighted by Gasteiger charge is 2.37. The van der Waals surface area contributed by atoms with E-state index >= 15 is 0 Å². The molecule has 0 radical (unpaired) electrons. The van der Waals surface area contributed by atoms with Gasteiger partial charge in [-0.25, -0.2) is 9.98 Å². The fourth-order valence-corrected chi connectivity index (χ4v) is 2.59. The molecule has 3 rings (SSSR count). The fraction of sp³-hybridized carbons (Fsp3) is 0.357. The fourth-order valence-electron chi connectivity index (χ4n) is 2.59. The smallest absolute Gasteiger partial charge is 0.156 e. The molecule has 0 N–H and O–H groups in total. The van der Waals surface area contributed by atoms with E-state index in [1.165, 1.54) is 0 Å². The Labute approximate surface area is 107 Å². The molecule has 1 aromatic rings. The highest BCUT2D eigenvalue weighted by Crippen LogP contribution is 2.27. The van der Waals surface area contributed by atoms with Gasteiger partial charge in [0.2, 0.25) is 0 Å². The second kappa shape index (κ2) is 4.05. The average Bonchev–Trinajstić information content (AvgIpc) is 2.66. The van der Waals surface area contributed by atoms with Crippen LogP contribution < -0.4 is 0 Å². The van der Waals surface area contributed by atoms with Gasteiger partial charge in [0.15, 0.2) is 12.0 Å². The lowest BCUT2D eigenvalue weighted by Gasteiger charge is -2.25. The van der Waals surface area contributed by atoms with Crippen molar-refractivity contribution in [1.82, 2.24) is 5.01 Å². The van der Waals surface area contributed by atoms with Crippen molar-refractivity contribution in [3.8, 4) is 0 Å². The summed E-state index contributed by atoms with van der Waals surface area (Å²) < 4.78 is 0. The lowest BCUT2D eigenvalue weighted by molar-refractivity contribution is 0.274. The molecule has 0 amide bonds. The van der Waals surface area contributed by atoms with Crippen LogP contribution in [0.2, 0.25) is 0 Å². The summed E-state index contributed by atoms with van der Waals surface area (Å²) in [5.41, 5.74) is 3.26. The number of rotatable bonds is 1. The Hall–Kier alpha value is -1.97. The predicted molar refractivity (Wildman–Crippen MR) is 74.2 cm³/mol. The van der Waals surface area contributed by atoms with Gasteiger partial charge in [-0.15, -0.1) is 0 Å². The maximum atomic E-state index is 4.74. The van der Waals surface area contributed by atoms with E-state index in [1.54, 1.807) is 0 Å². The van der Waals surface area contributed by atoms with Crippen LogP contribution in [0.4, 0.5) is 0 Å². The number of hydrogen-bond donors (Lipinski definition) is 0. The molecule has 0 saturated carbocycles. The third-order valence-corrected chi connectivity index (χ3v) is 3.47. The lowest BCUT2D eigenvalue weighted by atomic mass is 9.95. The number of hydrogen-bond acceptors (Lipinski definition) is 4. The summed E-state index contributed by atoms with van der Waals surface area (Å²) in [6, 6.07) is 10.1. The molecular formula is C14H16N4. The molecule has 2 aliphatic rings. The first kappa shape index (κ1) is 11.1. The van der Waals surface area contributed by atoms with Gasteiger partial charge in [-0.3, -0.25) is 5.01 Å². The van der Waals surface area contributed by atoms with Crippen molar-refractivity contribution in [3.63, 3.8) is 0 Å². The molecule has 0 aliphatic carbocycles. The molecule has 2 unspecified atom stereocenters. The molecule has 4 nitrogen and oxygen atoms in total. The SMILES string of the molecule is CC1=NC(c2ccccc2)=NC2C1C(C)=NN2C. The van der Waals surface area contributed by atoms with Crippen molar-refractivity contribution < 1.29 is 0 Å². The topological polar surface area (TPSA) is 40.3 Å². The average molecular weight is 240 g/mol. The van der Waals surface area contributed by atoms with E-state index in [0.717, 1.165) is 22.8 Å². The highest BCUT2D eigenvalue weighted by atomic mass is 15.5. The summed E-state index contributed by atoms with van der Waals surface area (Å²) in [4.78, 5) is 9.38. The predicted octanol–water partition coefficient (Wildman–Crippen LogP) is 2.17. The Kier molecular flexibility index (Phi) is 2.51. The molecule has 0 aromatic heterocycles. The largest absolute Gasteiger partial charge is 0.275 e. The molecule has 2 heterocycles. The van der Waals surface area contributed by atoms with Gasteiger partial charge >= 0.3 is 0 Å². The maximum Gasteiger partial charge on any atom is 0.156 e. The van der Waals surface area contributed by atoms with E-state index in [4.69, 9.17) is 4.99 Å². The van der Waals surface area contributed by atoms with Crippen LogP contribution in [0.3, 0.4) is 0 Å². The standard InChI is InChI=1S/C14H16N4/c1-9-12-10(2)17-18(3)14(12)16-13(15-9)11-7-5-4-6-8-11/h4-8,12,14H,1-3H3. The third-order valence-electron chi connectivity index (χ3n) is 3.47. The molecule has 0 bridgehead atoms. The van der Waals surface area contributed by atoms with Crippen LogP contribution in [-0.2, 0) is 0 Å². The molecule has 1 aromatic carbocycles. The highest BCUT2D eigenvalue weighted by molar-refractivity contribution is 6.15. The van der Waals surface area contributed by atoms with Crippen molar-refractivity contribution in [2.75, 3.05) is 7.05 Å². The summed E-state index contributed by atoms with van der Waals surface area (Å²) in [5, 5.41) is 6.41. The zero-order valence-electron chi connectivity index (χ0n) is 10.8. The van der Waals surface area contributed by atoms with Crippen LogP contribution >= 0.6 is 0 Å². The van der Waals surface area contributed by atoms with E-state index < -0.39 is 0 Å². The number of nitrogens with zero attached hydrogens (tertiary/aromatic N) is 4. The molecule has 18 heavy (non-hydrogen) atoms. The van der Waals surface area contributed by atoms with Crippen molar-refractivity contribution >= 4 is 17.3 Å². The van der Waals surface area contributed by atoms with Gasteiger partial charge < -0.3 is 0 Å². The summed E-state index contributed by atoms with van der Waals surface area (Å²) in [6.07, 6.45) is 0.0673. The van der Waals surface area contributed by atoms with E-state index in [-0.39, 0.29) is 12.1 Å². The van der Waals surface area contributed by atoms with Gasteiger partial charge in [-0.1, -0.05) is 30.3 Å². The van der Waals surface area contributed by atoms with Crippen LogP contribution in [0.15, 0.2) is 45.4 Å². The Morgan fingerprint density at radius 1 is 1.06 bits per heavy atom. The minimum absolute atomic E-state index is 0.0673. The Bertz CT molecular complexity index is 556. The number of fused-ring (bicyclic) bond motifs is 1. The van der Waals surface area contributed by atoms with Gasteiger partial charge in [0.05, 0.1) is 5.92 Å². The summed E-state index contributed by atoms with van der Waals surface area (Å²) >= 11 is 0. The quantitative estimate of drug-likeness (QED) is 0.741. The van der Waals surface area contributed by atoms with Gasteiger partial charge in [0.25, 0.3) is 0 Å². The number of aliphatic imine (C=N–C) groups is 2. The van der Waals surface area contributed by atoms with E-state index in [2.05, 4.69) is 17.0 Å². The van der Waals surface area contributed by atoms with Crippen LogP contribution in [0.25, 0.3) is 0 Å². The molecule has 92 valence electrons. The van der Waals surface area contributed by atoms with Crippen molar-refractivity contribution in [1.29, 1.82) is 0 Å². The van der Waals surface area contributed by atoms with Gasteiger partial charge in [0, 0.05) is 24.0 Å². The molecule has 4 heteroatoms. The van der Waals surface area contributed by atoms with E-state index in [1.807, 2.05) is 49.3 Å². The number of amidine groups is 1. The van der Waals surface area contributed by atoms with Crippen LogP contribution in [-0.4, -0.2) is 35.5 Å². The Morgan fingerprint density at radius 3 is 2.50 bits per heavy atom. The van der Waals surface area contributed by atoms with Crippen LogP contribution in [0, 0.1) is 5.92 Å². The van der Waals surface area contributed by atoms with Gasteiger partial charge in [0.1, 0.15) is 0 Å². The molecular weight excluding hydrogens is 224 g/mol. The first-order valence-corrected chi connectivity index (χ1v) is 6.13. The molecule has 2 atom stereocenters. The second-order valence-corrected chi connectivity index (χ2v) is 4.78.